The molecule has 1 N–H and O–H groups in total. The fraction of sp³-hybridized carbons (Fsp3) is 0.667. The highest BCUT2D eigenvalue weighted by atomic mass is 32.2. The van der Waals surface area contributed by atoms with Crippen molar-refractivity contribution in [2.24, 2.45) is 5.92 Å². The molecule has 4 rings (SSSR count). The highest BCUT2D eigenvalue weighted by molar-refractivity contribution is 7.97. The van der Waals surface area contributed by atoms with Gasteiger partial charge in [-0.05, 0) is 44.7 Å². The van der Waals surface area contributed by atoms with Crippen molar-refractivity contribution in [2.45, 2.75) is 37.8 Å². The Balaban J connectivity index is 1.26. The fourth-order valence-electron chi connectivity index (χ4n) is 3.80. The lowest BCUT2D eigenvalue weighted by Gasteiger charge is -2.42. The van der Waals surface area contributed by atoms with Crippen LogP contribution in [0.1, 0.15) is 25.7 Å². The lowest BCUT2D eigenvalue weighted by atomic mass is 9.81. The van der Waals surface area contributed by atoms with E-state index in [0.29, 0.717) is 12.1 Å². The van der Waals surface area contributed by atoms with Gasteiger partial charge in [0.15, 0.2) is 0 Å². The third-order valence-corrected chi connectivity index (χ3v) is 6.92. The Morgan fingerprint density at radius 3 is 2.96 bits per heavy atom. The Morgan fingerprint density at radius 1 is 1.28 bits per heavy atom. The molecular weight excluding hydrogens is 334 g/mol. The summed E-state index contributed by atoms with van der Waals surface area (Å²) in [6, 6.07) is 3.23. The summed E-state index contributed by atoms with van der Waals surface area (Å²) < 4.78 is 8.02. The molecule has 2 aromatic heterocycles. The van der Waals surface area contributed by atoms with Gasteiger partial charge >= 0.3 is 0 Å². The number of fused-ring (bicyclic) bond motifs is 1. The number of H-pyrrole nitrogens is 1. The molecule has 0 bridgehead atoms. The molecule has 1 unspecified atom stereocenters. The second-order valence-corrected chi connectivity index (χ2v) is 8.42. The lowest BCUT2D eigenvalue weighted by Crippen LogP contribution is -2.44. The van der Waals surface area contributed by atoms with Gasteiger partial charge < -0.3 is 14.6 Å². The average Bonchev–Trinajstić information content (AvgIpc) is 3.09. The number of nitrogens with one attached hydrogen (secondary N) is 1. The van der Waals surface area contributed by atoms with Crippen LogP contribution in [-0.2, 0) is 4.74 Å². The van der Waals surface area contributed by atoms with Crippen LogP contribution < -0.4 is 4.90 Å². The molecule has 0 spiro atoms. The summed E-state index contributed by atoms with van der Waals surface area (Å²) in [7, 11) is 4.38. The molecule has 6 nitrogen and oxygen atoms in total. The molecule has 1 aliphatic heterocycles. The summed E-state index contributed by atoms with van der Waals surface area (Å²) >= 11 is 1.98. The maximum atomic E-state index is 5.60. The van der Waals surface area contributed by atoms with Gasteiger partial charge in [-0.2, -0.15) is 0 Å². The third kappa shape index (κ3) is 3.64. The minimum Gasteiger partial charge on any atom is -0.380 e. The third-order valence-electron chi connectivity index (χ3n) is 5.59. The normalized spacial score (nSPS) is 26.8. The predicted molar refractivity (Wildman–Crippen MR) is 103 cm³/mol. The number of aromatic nitrogens is 3. The number of likely N-dealkylation sites (N-methyl/N-ethyl adjacent to an activating group) is 1. The number of hydrogen-bond acceptors (Lipinski definition) is 6. The molecule has 2 fully saturated rings. The second kappa shape index (κ2) is 7.51. The SMILES string of the molecule is CN(SC[C@H]1C[C@@H](N(C)c2ncnc3[nH]ccc23)C1)C1CCCOC1. The van der Waals surface area contributed by atoms with E-state index in [1.807, 2.05) is 18.1 Å². The molecule has 2 aromatic rings. The highest BCUT2D eigenvalue weighted by Crippen LogP contribution is 2.37. The molecule has 0 radical (unpaired) electrons. The number of nitrogens with zero attached hydrogens (tertiary/aromatic N) is 4. The Kier molecular flexibility index (Phi) is 5.15. The van der Waals surface area contributed by atoms with Crippen LogP contribution in [0.25, 0.3) is 11.0 Å². The minimum atomic E-state index is 0.584. The van der Waals surface area contributed by atoms with E-state index in [9.17, 15) is 0 Å². The Hall–Kier alpha value is -1.31. The Morgan fingerprint density at radius 2 is 2.16 bits per heavy atom. The van der Waals surface area contributed by atoms with E-state index in [1.165, 1.54) is 31.4 Å². The van der Waals surface area contributed by atoms with Gasteiger partial charge in [-0.25, -0.2) is 14.3 Å². The molecule has 3 heterocycles. The summed E-state index contributed by atoms with van der Waals surface area (Å²) in [5.74, 6) is 3.05. The zero-order valence-electron chi connectivity index (χ0n) is 15.0. The van der Waals surface area contributed by atoms with E-state index >= 15 is 0 Å². The number of aromatic amines is 1. The number of anilines is 1. The first-order chi connectivity index (χ1) is 12.2. The molecular formula is C18H27N5OS. The second-order valence-electron chi connectivity index (χ2n) is 7.25. The number of rotatable bonds is 6. The highest BCUT2D eigenvalue weighted by Gasteiger charge is 2.34. The zero-order valence-corrected chi connectivity index (χ0v) is 15.8. The molecule has 1 atom stereocenters. The molecule has 1 aliphatic carbocycles. The summed E-state index contributed by atoms with van der Waals surface area (Å²) in [6.07, 6.45) is 8.53. The predicted octanol–water partition coefficient (Wildman–Crippen LogP) is 2.93. The molecule has 0 aromatic carbocycles. The first-order valence-corrected chi connectivity index (χ1v) is 10.1. The van der Waals surface area contributed by atoms with Crippen molar-refractivity contribution in [3.05, 3.63) is 18.6 Å². The van der Waals surface area contributed by atoms with Gasteiger partial charge in [0.25, 0.3) is 0 Å². The van der Waals surface area contributed by atoms with Gasteiger partial charge in [0, 0.05) is 37.7 Å². The van der Waals surface area contributed by atoms with Crippen LogP contribution in [0.5, 0.6) is 0 Å². The smallest absolute Gasteiger partial charge is 0.142 e. The average molecular weight is 362 g/mol. The van der Waals surface area contributed by atoms with Crippen LogP contribution in [0.4, 0.5) is 5.82 Å². The van der Waals surface area contributed by atoms with Crippen molar-refractivity contribution in [1.82, 2.24) is 19.3 Å². The first-order valence-electron chi connectivity index (χ1n) is 9.17. The van der Waals surface area contributed by atoms with Crippen molar-refractivity contribution in [3.63, 3.8) is 0 Å². The number of hydrogen-bond donors (Lipinski definition) is 1. The molecule has 25 heavy (non-hydrogen) atoms. The van der Waals surface area contributed by atoms with Crippen molar-refractivity contribution in [2.75, 3.05) is 38.0 Å². The van der Waals surface area contributed by atoms with E-state index in [1.54, 1.807) is 6.33 Å². The fourth-order valence-corrected chi connectivity index (χ4v) is 4.90. The summed E-state index contributed by atoms with van der Waals surface area (Å²) in [5.41, 5.74) is 0.916. The molecule has 0 amide bonds. The lowest BCUT2D eigenvalue weighted by molar-refractivity contribution is 0.0537. The van der Waals surface area contributed by atoms with Gasteiger partial charge in [0.05, 0.1) is 12.0 Å². The van der Waals surface area contributed by atoms with Crippen molar-refractivity contribution < 1.29 is 4.74 Å². The summed E-state index contributed by atoms with van der Waals surface area (Å²) in [5, 5.41) is 1.11. The van der Waals surface area contributed by atoms with E-state index in [0.717, 1.165) is 36.0 Å². The molecule has 1 saturated carbocycles. The first kappa shape index (κ1) is 17.1. The molecule has 1 saturated heterocycles. The van der Waals surface area contributed by atoms with Gasteiger partial charge in [-0.3, -0.25) is 0 Å². The van der Waals surface area contributed by atoms with Gasteiger partial charge in [-0.15, -0.1) is 0 Å². The maximum Gasteiger partial charge on any atom is 0.142 e. The van der Waals surface area contributed by atoms with Crippen LogP contribution in [-0.4, -0.2) is 64.4 Å². The minimum absolute atomic E-state index is 0.584. The van der Waals surface area contributed by atoms with E-state index < -0.39 is 0 Å². The van der Waals surface area contributed by atoms with Crippen LogP contribution >= 0.6 is 11.9 Å². The molecule has 7 heteroatoms. The number of ether oxygens (including phenoxy) is 1. The van der Waals surface area contributed by atoms with Crippen LogP contribution in [0.15, 0.2) is 18.6 Å². The molecule has 136 valence electrons. The topological polar surface area (TPSA) is 57.3 Å². The van der Waals surface area contributed by atoms with E-state index in [-0.39, 0.29) is 0 Å². The van der Waals surface area contributed by atoms with Crippen LogP contribution in [0.2, 0.25) is 0 Å². The van der Waals surface area contributed by atoms with Gasteiger partial charge in [-0.1, -0.05) is 11.9 Å². The largest absolute Gasteiger partial charge is 0.380 e. The van der Waals surface area contributed by atoms with Crippen molar-refractivity contribution in [3.8, 4) is 0 Å². The van der Waals surface area contributed by atoms with Crippen LogP contribution in [0, 0.1) is 5.92 Å². The van der Waals surface area contributed by atoms with Crippen molar-refractivity contribution >= 4 is 28.8 Å². The Labute approximate surface area is 153 Å². The van der Waals surface area contributed by atoms with Crippen molar-refractivity contribution in [1.29, 1.82) is 0 Å². The maximum absolute atomic E-state index is 5.60. The van der Waals surface area contributed by atoms with Gasteiger partial charge in [0.1, 0.15) is 17.8 Å². The standard InChI is InChI=1S/C18H27N5OS/c1-22(18-16-5-6-19-17(16)20-12-21-18)15-8-13(9-15)11-25-23(2)14-4-3-7-24-10-14/h5-6,12-15H,3-4,7-11H2,1-2H3,(H,19,20,21)/t13-,14?,15+. The monoisotopic (exact) mass is 361 g/mol. The van der Waals surface area contributed by atoms with Crippen LogP contribution in [0.3, 0.4) is 0 Å². The Bertz CT molecular complexity index is 696. The van der Waals surface area contributed by atoms with E-state index in [2.05, 4.69) is 44.3 Å². The zero-order chi connectivity index (χ0) is 17.2. The van der Waals surface area contributed by atoms with Gasteiger partial charge in [0.2, 0.25) is 0 Å². The van der Waals surface area contributed by atoms with E-state index in [4.69, 9.17) is 4.74 Å². The summed E-state index contributed by atoms with van der Waals surface area (Å²) in [4.78, 5) is 14.3. The molecule has 2 aliphatic rings. The quantitative estimate of drug-likeness (QED) is 0.799. The summed E-state index contributed by atoms with van der Waals surface area (Å²) in [6.45, 7) is 1.82.